The number of carbonyl (C=O) groups excluding carboxylic acids is 2. The number of hydrogen-bond donors (Lipinski definition) is 0. The van der Waals surface area contributed by atoms with Crippen LogP contribution in [0.2, 0.25) is 0 Å². The van der Waals surface area contributed by atoms with Crippen LogP contribution >= 0.6 is 0 Å². The second-order valence-corrected chi connectivity index (χ2v) is 16.5. The van der Waals surface area contributed by atoms with Crippen molar-refractivity contribution in [3.8, 4) is 23.0 Å². The van der Waals surface area contributed by atoms with E-state index in [9.17, 15) is 9.59 Å². The van der Waals surface area contributed by atoms with E-state index in [1.807, 2.05) is 67.8 Å². The van der Waals surface area contributed by atoms with Crippen molar-refractivity contribution in [1.82, 2.24) is 24.8 Å². The first-order valence-electron chi connectivity index (χ1n) is 20.5. The Hall–Kier alpha value is -5.83. The van der Waals surface area contributed by atoms with Crippen molar-refractivity contribution >= 4 is 39.7 Å². The molecule has 0 N–H and O–H groups in total. The lowest BCUT2D eigenvalue weighted by molar-refractivity contribution is 0.0122. The van der Waals surface area contributed by atoms with Crippen molar-refractivity contribution in [1.29, 1.82) is 0 Å². The number of nitrogens with zero attached hydrogens (tertiary/aromatic N) is 6. The molecule has 316 valence electrons. The zero-order valence-electron chi connectivity index (χ0n) is 34.6. The molecule has 5 aromatic rings. The number of pyridine rings is 1. The molecule has 13 nitrogen and oxygen atoms in total. The van der Waals surface area contributed by atoms with Crippen molar-refractivity contribution in [2.45, 2.75) is 90.2 Å². The van der Waals surface area contributed by atoms with Crippen molar-refractivity contribution in [2.24, 2.45) is 0 Å². The predicted octanol–water partition coefficient (Wildman–Crippen LogP) is 8.44. The van der Waals surface area contributed by atoms with Gasteiger partial charge in [-0.15, -0.1) is 0 Å². The van der Waals surface area contributed by atoms with Crippen molar-refractivity contribution in [2.75, 3.05) is 45.0 Å². The van der Waals surface area contributed by atoms with Crippen LogP contribution in [0.15, 0.2) is 60.8 Å². The van der Waals surface area contributed by atoms with Gasteiger partial charge < -0.3 is 33.5 Å². The summed E-state index contributed by atoms with van der Waals surface area (Å²) >= 11 is 0. The van der Waals surface area contributed by atoms with Gasteiger partial charge in [-0.05, 0) is 80.1 Å². The lowest BCUT2D eigenvalue weighted by atomic mass is 9.94. The number of piperidine rings is 1. The molecule has 3 fully saturated rings. The molecule has 3 aliphatic rings. The Morgan fingerprint density at radius 2 is 1.65 bits per heavy atom. The lowest BCUT2D eigenvalue weighted by Gasteiger charge is -2.42. The molecule has 2 amide bonds. The summed E-state index contributed by atoms with van der Waals surface area (Å²) in [7, 11) is 1.50. The SMILES string of the molecule is CCc1c(F)ccc2cc(OCOC)cc(-c3ncc4c(N5C[C@H]6CC[C@@H](C5)N6C(=O)OC(C)(C)C)nc(OC5CCN(C(=O)OCc6ccccc6)CC5)nc4c3F)c12. The molecule has 3 saturated heterocycles. The summed E-state index contributed by atoms with van der Waals surface area (Å²) in [5.41, 5.74) is 0.956. The van der Waals surface area contributed by atoms with E-state index in [0.717, 1.165) is 18.4 Å². The third-order valence-corrected chi connectivity index (χ3v) is 11.3. The van der Waals surface area contributed by atoms with Gasteiger partial charge in [-0.25, -0.2) is 18.4 Å². The van der Waals surface area contributed by atoms with E-state index in [-0.39, 0.29) is 54.9 Å². The zero-order chi connectivity index (χ0) is 42.1. The van der Waals surface area contributed by atoms with E-state index >= 15 is 8.78 Å². The van der Waals surface area contributed by atoms with Crippen LogP contribution in [-0.4, -0.2) is 101 Å². The number of likely N-dealkylation sites (tertiary alicyclic amines) is 1. The van der Waals surface area contributed by atoms with Crippen molar-refractivity contribution in [3.05, 3.63) is 83.6 Å². The Morgan fingerprint density at radius 3 is 2.33 bits per heavy atom. The van der Waals surface area contributed by atoms with Gasteiger partial charge in [0.25, 0.3) is 0 Å². The van der Waals surface area contributed by atoms with Crippen LogP contribution in [0.3, 0.4) is 0 Å². The van der Waals surface area contributed by atoms with Gasteiger partial charge in [0.2, 0.25) is 0 Å². The standard InChI is InChI=1S/C45H50F2N6O7/c1-6-33-36(46)15-12-28-20-32(58-26-56-5)21-34(37(28)33)39-38(47)40-35(22-48-39)41(52-23-29-13-14-30(24-52)53(29)44(55)60-45(2,3)4)50-42(49-40)59-31-16-18-51(19-17-31)43(54)57-25-27-10-8-7-9-11-27/h7-12,15,20-22,29-31H,6,13-14,16-19,23-26H2,1-5H3/t29-,30+. The topological polar surface area (TPSA) is 129 Å². The smallest absolute Gasteiger partial charge is 0.410 e. The summed E-state index contributed by atoms with van der Waals surface area (Å²) in [4.78, 5) is 46.0. The number of ether oxygens (including phenoxy) is 5. The fourth-order valence-corrected chi connectivity index (χ4v) is 8.54. The van der Waals surface area contributed by atoms with Gasteiger partial charge in [-0.3, -0.25) is 9.88 Å². The number of carbonyl (C=O) groups is 2. The van der Waals surface area contributed by atoms with Gasteiger partial charge in [0.1, 0.15) is 46.9 Å². The number of methoxy groups -OCH3 is 1. The second kappa shape index (κ2) is 17.0. The van der Waals surface area contributed by atoms with Crippen LogP contribution in [0.25, 0.3) is 32.9 Å². The number of hydrogen-bond acceptors (Lipinski definition) is 11. The zero-order valence-corrected chi connectivity index (χ0v) is 34.6. The van der Waals surface area contributed by atoms with Gasteiger partial charge in [0.15, 0.2) is 12.6 Å². The molecule has 2 bridgehead atoms. The first-order chi connectivity index (χ1) is 28.9. The van der Waals surface area contributed by atoms with Crippen LogP contribution < -0.4 is 14.4 Å². The summed E-state index contributed by atoms with van der Waals surface area (Å²) in [6, 6.07) is 15.6. The molecule has 60 heavy (non-hydrogen) atoms. The lowest BCUT2D eigenvalue weighted by Crippen LogP contribution is -2.57. The van der Waals surface area contributed by atoms with Crippen LogP contribution in [0.5, 0.6) is 11.8 Å². The van der Waals surface area contributed by atoms with Gasteiger partial charge in [-0.1, -0.05) is 43.3 Å². The summed E-state index contributed by atoms with van der Waals surface area (Å²) in [6.07, 6.45) is 3.29. The molecule has 0 spiro atoms. The molecule has 3 aliphatic heterocycles. The molecule has 15 heteroatoms. The Bertz CT molecular complexity index is 2370. The number of aromatic nitrogens is 3. The third-order valence-electron chi connectivity index (χ3n) is 11.3. The Balaban J connectivity index is 1.14. The third kappa shape index (κ3) is 8.45. The number of aryl methyl sites for hydroxylation is 1. The molecular formula is C45H50F2N6O7. The van der Waals surface area contributed by atoms with E-state index in [1.54, 1.807) is 29.3 Å². The van der Waals surface area contributed by atoms with E-state index in [0.29, 0.717) is 84.3 Å². The number of piperazine rings is 1. The highest BCUT2D eigenvalue weighted by atomic mass is 19.1. The number of benzene rings is 3. The Labute approximate surface area is 347 Å². The van der Waals surface area contributed by atoms with E-state index in [1.165, 1.54) is 13.2 Å². The summed E-state index contributed by atoms with van der Waals surface area (Å²) in [6.45, 7) is 9.15. The van der Waals surface area contributed by atoms with Gasteiger partial charge >= 0.3 is 18.2 Å². The Morgan fingerprint density at radius 1 is 0.917 bits per heavy atom. The number of halogens is 2. The maximum Gasteiger partial charge on any atom is 0.410 e. The van der Waals surface area contributed by atoms with E-state index in [2.05, 4.69) is 9.97 Å². The van der Waals surface area contributed by atoms with Crippen LogP contribution in [-0.2, 0) is 27.2 Å². The maximum atomic E-state index is 17.4. The molecule has 0 unspecified atom stereocenters. The fourth-order valence-electron chi connectivity index (χ4n) is 8.54. The van der Waals surface area contributed by atoms with Gasteiger partial charge in [0, 0.05) is 57.9 Å². The molecule has 8 rings (SSSR count). The molecule has 3 aromatic carbocycles. The highest BCUT2D eigenvalue weighted by Gasteiger charge is 2.45. The molecule has 0 radical (unpaired) electrons. The van der Waals surface area contributed by atoms with Crippen LogP contribution in [0.1, 0.15) is 64.5 Å². The van der Waals surface area contributed by atoms with Gasteiger partial charge in [-0.2, -0.15) is 9.97 Å². The average Bonchev–Trinajstić information content (AvgIpc) is 3.51. The molecule has 2 aromatic heterocycles. The number of rotatable bonds is 10. The first kappa shape index (κ1) is 40.9. The number of anilines is 1. The molecule has 0 saturated carbocycles. The normalized spacial score (nSPS) is 18.3. The minimum Gasteiger partial charge on any atom is -0.468 e. The monoisotopic (exact) mass is 824 g/mol. The summed E-state index contributed by atoms with van der Waals surface area (Å²) < 4.78 is 61.5. The maximum absolute atomic E-state index is 17.4. The largest absolute Gasteiger partial charge is 0.468 e. The first-order valence-corrected chi connectivity index (χ1v) is 20.5. The van der Waals surface area contributed by atoms with E-state index < -0.39 is 23.3 Å². The van der Waals surface area contributed by atoms with Crippen molar-refractivity contribution in [3.63, 3.8) is 0 Å². The minimum atomic E-state index is -0.733. The van der Waals surface area contributed by atoms with Crippen LogP contribution in [0.4, 0.5) is 24.2 Å². The average molecular weight is 825 g/mol. The van der Waals surface area contributed by atoms with Crippen LogP contribution in [0, 0.1) is 11.6 Å². The van der Waals surface area contributed by atoms with Crippen molar-refractivity contribution < 1.29 is 42.1 Å². The Kier molecular flexibility index (Phi) is 11.6. The molecule has 2 atom stereocenters. The minimum absolute atomic E-state index is 0.0188. The summed E-state index contributed by atoms with van der Waals surface area (Å²) in [5, 5.41) is 1.53. The quantitative estimate of drug-likeness (QED) is 0.126. The van der Waals surface area contributed by atoms with E-state index in [4.69, 9.17) is 28.7 Å². The van der Waals surface area contributed by atoms with Gasteiger partial charge in [0.05, 0.1) is 17.5 Å². The predicted molar refractivity (Wildman–Crippen MR) is 221 cm³/mol. The molecule has 5 heterocycles. The fraction of sp³-hybridized carbons (Fsp3) is 0.444. The molecular weight excluding hydrogens is 775 g/mol. The molecule has 0 aliphatic carbocycles. The highest BCUT2D eigenvalue weighted by Crippen LogP contribution is 2.41. The summed E-state index contributed by atoms with van der Waals surface area (Å²) in [5.74, 6) is -0.314. The second-order valence-electron chi connectivity index (χ2n) is 16.5. The highest BCUT2D eigenvalue weighted by molar-refractivity contribution is 6.02. The number of fused-ring (bicyclic) bond motifs is 4. The number of amides is 2.